The van der Waals surface area contributed by atoms with Crippen molar-refractivity contribution in [1.29, 1.82) is 0 Å². The van der Waals surface area contributed by atoms with Gasteiger partial charge in [0.05, 0.1) is 5.57 Å². The fraction of sp³-hybridized carbons (Fsp3) is 0.444. The molecule has 0 aliphatic heterocycles. The zero-order valence-corrected chi connectivity index (χ0v) is 6.42. The molecule has 2 nitrogen and oxygen atoms in total. The molecule has 2 heteroatoms. The minimum Gasteiger partial charge on any atom is -0.478 e. The van der Waals surface area contributed by atoms with Crippen LogP contribution in [0.25, 0.3) is 0 Å². The van der Waals surface area contributed by atoms with Gasteiger partial charge in [0.25, 0.3) is 0 Å². The second-order valence-corrected chi connectivity index (χ2v) is 2.91. The molecule has 0 saturated heterocycles. The topological polar surface area (TPSA) is 37.3 Å². The number of aliphatic carboxylic acids is 1. The minimum atomic E-state index is -0.933. The molecule has 1 aliphatic rings. The van der Waals surface area contributed by atoms with Gasteiger partial charge in [0.1, 0.15) is 0 Å². The summed E-state index contributed by atoms with van der Waals surface area (Å²) >= 11 is 0. The highest BCUT2D eigenvalue weighted by atomic mass is 16.4. The highest BCUT2D eigenvalue weighted by molar-refractivity contribution is 5.88. The minimum absolute atomic E-state index is 0.172. The molecular weight excluding hydrogens is 140 g/mol. The van der Waals surface area contributed by atoms with Crippen molar-refractivity contribution in [3.63, 3.8) is 0 Å². The van der Waals surface area contributed by atoms with Crippen LogP contribution in [0.2, 0.25) is 0 Å². The summed E-state index contributed by atoms with van der Waals surface area (Å²) in [6.07, 6.45) is 7.08. The summed E-state index contributed by atoms with van der Waals surface area (Å²) in [6.45, 7) is 3.39. The van der Waals surface area contributed by atoms with Gasteiger partial charge in [-0.05, 0) is 25.2 Å². The van der Waals surface area contributed by atoms with Gasteiger partial charge in [0.15, 0.2) is 0 Å². The van der Waals surface area contributed by atoms with Crippen LogP contribution >= 0.6 is 0 Å². The highest BCUT2D eigenvalue weighted by Crippen LogP contribution is 2.32. The molecule has 0 atom stereocenters. The predicted octanol–water partition coefficient (Wildman–Crippen LogP) is 1.98. The van der Waals surface area contributed by atoms with Crippen LogP contribution < -0.4 is 0 Å². The maximum atomic E-state index is 10.2. The molecule has 1 saturated carbocycles. The van der Waals surface area contributed by atoms with E-state index in [1.807, 2.05) is 6.08 Å². The van der Waals surface area contributed by atoms with E-state index in [-0.39, 0.29) is 5.57 Å². The molecule has 0 bridgehead atoms. The van der Waals surface area contributed by atoms with Crippen LogP contribution in [0.3, 0.4) is 0 Å². The third-order valence-electron chi connectivity index (χ3n) is 1.76. The second kappa shape index (κ2) is 3.37. The Hall–Kier alpha value is -1.05. The van der Waals surface area contributed by atoms with Gasteiger partial charge in [-0.15, -0.1) is 0 Å². The van der Waals surface area contributed by atoms with Gasteiger partial charge in [-0.2, -0.15) is 0 Å². The third kappa shape index (κ3) is 3.03. The Bertz CT molecular complexity index is 200. The number of hydrogen-bond acceptors (Lipinski definition) is 1. The van der Waals surface area contributed by atoms with Gasteiger partial charge in [-0.1, -0.05) is 18.7 Å². The standard InChI is InChI=1S/C9H12O2/c1-7(9(10)11)3-2-4-8-5-6-8/h2-3,8H,1,4-6H2,(H,10,11)/b3-2+. The van der Waals surface area contributed by atoms with Crippen molar-refractivity contribution in [1.82, 2.24) is 0 Å². The van der Waals surface area contributed by atoms with Gasteiger partial charge in [-0.3, -0.25) is 0 Å². The molecule has 1 rings (SSSR count). The van der Waals surface area contributed by atoms with Crippen molar-refractivity contribution in [3.8, 4) is 0 Å². The van der Waals surface area contributed by atoms with Gasteiger partial charge >= 0.3 is 5.97 Å². The molecule has 0 aromatic rings. The Morgan fingerprint density at radius 2 is 2.27 bits per heavy atom. The monoisotopic (exact) mass is 152 g/mol. The van der Waals surface area contributed by atoms with Crippen molar-refractivity contribution in [2.24, 2.45) is 5.92 Å². The van der Waals surface area contributed by atoms with Crippen molar-refractivity contribution in [3.05, 3.63) is 24.3 Å². The number of carboxylic acid groups (broad SMARTS) is 1. The number of rotatable bonds is 4. The van der Waals surface area contributed by atoms with E-state index < -0.39 is 5.97 Å². The second-order valence-electron chi connectivity index (χ2n) is 2.91. The first-order chi connectivity index (χ1) is 5.20. The van der Waals surface area contributed by atoms with Crippen LogP contribution in [-0.4, -0.2) is 11.1 Å². The Kier molecular flexibility index (Phi) is 2.47. The van der Waals surface area contributed by atoms with Gasteiger partial charge in [-0.25, -0.2) is 4.79 Å². The molecule has 0 radical (unpaired) electrons. The van der Waals surface area contributed by atoms with E-state index in [4.69, 9.17) is 5.11 Å². The van der Waals surface area contributed by atoms with E-state index in [1.54, 1.807) is 6.08 Å². The van der Waals surface area contributed by atoms with Gasteiger partial charge < -0.3 is 5.11 Å². The normalized spacial score (nSPS) is 17.1. The summed E-state index contributed by atoms with van der Waals surface area (Å²) in [5.74, 6) is -0.120. The molecule has 0 aromatic carbocycles. The molecular formula is C9H12O2. The van der Waals surface area contributed by atoms with Crippen LogP contribution in [0.5, 0.6) is 0 Å². The van der Waals surface area contributed by atoms with Crippen molar-refractivity contribution in [2.75, 3.05) is 0 Å². The Morgan fingerprint density at radius 1 is 1.64 bits per heavy atom. The fourth-order valence-corrected chi connectivity index (χ4v) is 0.828. The molecule has 0 heterocycles. The lowest BCUT2D eigenvalue weighted by molar-refractivity contribution is -0.132. The molecule has 1 aliphatic carbocycles. The number of allylic oxidation sites excluding steroid dienone is 1. The Morgan fingerprint density at radius 3 is 2.73 bits per heavy atom. The van der Waals surface area contributed by atoms with Crippen LogP contribution in [0.4, 0.5) is 0 Å². The van der Waals surface area contributed by atoms with E-state index in [2.05, 4.69) is 6.58 Å². The quantitative estimate of drug-likeness (QED) is 0.494. The predicted molar refractivity (Wildman–Crippen MR) is 43.3 cm³/mol. The summed E-state index contributed by atoms with van der Waals surface area (Å²) in [7, 11) is 0. The number of carboxylic acids is 1. The molecule has 11 heavy (non-hydrogen) atoms. The lowest BCUT2D eigenvalue weighted by Gasteiger charge is -1.89. The molecule has 0 amide bonds. The number of hydrogen-bond donors (Lipinski definition) is 1. The van der Waals surface area contributed by atoms with Gasteiger partial charge in [0, 0.05) is 0 Å². The lowest BCUT2D eigenvalue weighted by atomic mass is 10.2. The van der Waals surface area contributed by atoms with Crippen LogP contribution in [0, 0.1) is 5.92 Å². The number of carbonyl (C=O) groups is 1. The SMILES string of the molecule is C=C(/C=C/CC1CC1)C(=O)O. The van der Waals surface area contributed by atoms with E-state index in [1.165, 1.54) is 12.8 Å². The molecule has 0 spiro atoms. The van der Waals surface area contributed by atoms with Crippen molar-refractivity contribution in [2.45, 2.75) is 19.3 Å². The first-order valence-corrected chi connectivity index (χ1v) is 3.79. The Labute approximate surface area is 66.2 Å². The summed E-state index contributed by atoms with van der Waals surface area (Å²) in [4.78, 5) is 10.2. The zero-order valence-electron chi connectivity index (χ0n) is 6.42. The van der Waals surface area contributed by atoms with Crippen LogP contribution in [0.1, 0.15) is 19.3 Å². The van der Waals surface area contributed by atoms with E-state index in [9.17, 15) is 4.79 Å². The largest absolute Gasteiger partial charge is 0.478 e. The summed E-state index contributed by atoms with van der Waals surface area (Å²) in [6, 6.07) is 0. The van der Waals surface area contributed by atoms with E-state index in [0.717, 1.165) is 12.3 Å². The summed E-state index contributed by atoms with van der Waals surface area (Å²) in [5.41, 5.74) is 0.172. The fourth-order valence-electron chi connectivity index (χ4n) is 0.828. The lowest BCUT2D eigenvalue weighted by Crippen LogP contribution is -1.94. The van der Waals surface area contributed by atoms with Gasteiger partial charge in [0.2, 0.25) is 0 Å². The average Bonchev–Trinajstić information content (AvgIpc) is 2.71. The van der Waals surface area contributed by atoms with Crippen molar-refractivity contribution < 1.29 is 9.90 Å². The van der Waals surface area contributed by atoms with Crippen molar-refractivity contribution >= 4 is 5.97 Å². The summed E-state index contributed by atoms with van der Waals surface area (Å²) in [5, 5.41) is 8.41. The van der Waals surface area contributed by atoms with E-state index in [0.29, 0.717) is 0 Å². The maximum absolute atomic E-state index is 10.2. The Balaban J connectivity index is 2.21. The zero-order chi connectivity index (χ0) is 8.27. The van der Waals surface area contributed by atoms with Crippen LogP contribution in [-0.2, 0) is 4.79 Å². The van der Waals surface area contributed by atoms with Crippen LogP contribution in [0.15, 0.2) is 24.3 Å². The molecule has 0 unspecified atom stereocenters. The maximum Gasteiger partial charge on any atom is 0.335 e. The smallest absolute Gasteiger partial charge is 0.335 e. The highest BCUT2D eigenvalue weighted by Gasteiger charge is 2.18. The molecule has 1 fully saturated rings. The third-order valence-corrected chi connectivity index (χ3v) is 1.76. The first kappa shape index (κ1) is 8.05. The van der Waals surface area contributed by atoms with E-state index >= 15 is 0 Å². The first-order valence-electron chi connectivity index (χ1n) is 3.79. The summed E-state index contributed by atoms with van der Waals surface area (Å²) < 4.78 is 0. The molecule has 0 aromatic heterocycles. The molecule has 1 N–H and O–H groups in total. The molecule has 60 valence electrons. The average molecular weight is 152 g/mol.